The summed E-state index contributed by atoms with van der Waals surface area (Å²) in [5, 5.41) is 9.42. The van der Waals surface area contributed by atoms with Gasteiger partial charge >= 0.3 is 0 Å². The predicted octanol–water partition coefficient (Wildman–Crippen LogP) is 1.58. The lowest BCUT2D eigenvalue weighted by atomic mass is 10.1. The minimum absolute atomic E-state index is 0.0540. The van der Waals surface area contributed by atoms with Crippen molar-refractivity contribution in [3.63, 3.8) is 0 Å². The van der Waals surface area contributed by atoms with Crippen LogP contribution in [0.2, 0.25) is 0 Å². The molecule has 0 saturated carbocycles. The van der Waals surface area contributed by atoms with Crippen molar-refractivity contribution < 1.29 is 18.3 Å². The van der Waals surface area contributed by atoms with E-state index in [1.165, 1.54) is 28.6 Å². The summed E-state index contributed by atoms with van der Waals surface area (Å²) in [6.45, 7) is 6.21. The fraction of sp³-hybridized carbons (Fsp3) is 0.538. The van der Waals surface area contributed by atoms with Crippen molar-refractivity contribution in [1.82, 2.24) is 4.31 Å². The van der Waals surface area contributed by atoms with Crippen LogP contribution in [-0.2, 0) is 14.8 Å². The topological polar surface area (TPSA) is 66.8 Å². The van der Waals surface area contributed by atoms with E-state index in [4.69, 9.17) is 4.74 Å². The Morgan fingerprint density at radius 2 is 2.11 bits per heavy atom. The Morgan fingerprint density at radius 3 is 2.68 bits per heavy atom. The lowest BCUT2D eigenvalue weighted by Gasteiger charge is -2.40. The minimum atomic E-state index is -3.60. The van der Waals surface area contributed by atoms with Crippen molar-refractivity contribution in [1.29, 1.82) is 0 Å². The van der Waals surface area contributed by atoms with Crippen LogP contribution in [0.5, 0.6) is 5.75 Å². The van der Waals surface area contributed by atoms with Gasteiger partial charge in [-0.3, -0.25) is 0 Å². The third-order valence-electron chi connectivity index (χ3n) is 2.99. The lowest BCUT2D eigenvalue weighted by Crippen LogP contribution is -2.53. The number of benzene rings is 1. The molecular weight excluding hydrogens is 266 g/mol. The van der Waals surface area contributed by atoms with Crippen molar-refractivity contribution in [2.45, 2.75) is 37.4 Å². The zero-order chi connectivity index (χ0) is 14.3. The van der Waals surface area contributed by atoms with Crippen LogP contribution in [0, 0.1) is 0 Å². The molecule has 0 bridgehead atoms. The van der Waals surface area contributed by atoms with Crippen molar-refractivity contribution >= 4 is 10.0 Å². The molecule has 0 spiro atoms. The molecule has 1 heterocycles. The van der Waals surface area contributed by atoms with Gasteiger partial charge in [-0.1, -0.05) is 6.07 Å². The number of hydrogen-bond donors (Lipinski definition) is 1. The Balaban J connectivity index is 2.34. The van der Waals surface area contributed by atoms with E-state index < -0.39 is 15.6 Å². The van der Waals surface area contributed by atoms with E-state index in [1.54, 1.807) is 0 Å². The third-order valence-corrected chi connectivity index (χ3v) is 4.80. The van der Waals surface area contributed by atoms with E-state index in [2.05, 4.69) is 0 Å². The number of nitrogens with zero attached hydrogens (tertiary/aromatic N) is 1. The highest BCUT2D eigenvalue weighted by molar-refractivity contribution is 7.89. The van der Waals surface area contributed by atoms with Gasteiger partial charge in [0.2, 0.25) is 10.0 Å². The molecule has 0 aromatic heterocycles. The third kappa shape index (κ3) is 3.08. The van der Waals surface area contributed by atoms with Gasteiger partial charge in [0.1, 0.15) is 5.75 Å². The number of phenols is 1. The van der Waals surface area contributed by atoms with Crippen LogP contribution in [0.15, 0.2) is 29.2 Å². The zero-order valence-corrected chi connectivity index (χ0v) is 12.1. The Kier molecular flexibility index (Phi) is 3.59. The molecule has 1 N–H and O–H groups in total. The molecule has 106 valence electrons. The second-order valence-electron chi connectivity index (χ2n) is 5.48. The number of phenolic OH excluding ortho intramolecular Hbond substituents is 1. The highest BCUT2D eigenvalue weighted by atomic mass is 32.2. The first kappa shape index (κ1) is 14.3. The van der Waals surface area contributed by atoms with Gasteiger partial charge in [0.05, 0.1) is 16.6 Å². The van der Waals surface area contributed by atoms with Crippen LogP contribution in [0.3, 0.4) is 0 Å². The molecular formula is C13H19NO4S. The molecule has 6 heteroatoms. The Labute approximate surface area is 113 Å². The smallest absolute Gasteiger partial charge is 0.243 e. The molecule has 1 aliphatic rings. The Hall–Kier alpha value is -1.11. The first-order valence-corrected chi connectivity index (χ1v) is 7.62. The largest absolute Gasteiger partial charge is 0.508 e. The average molecular weight is 285 g/mol. The predicted molar refractivity (Wildman–Crippen MR) is 71.5 cm³/mol. The second-order valence-corrected chi connectivity index (χ2v) is 7.42. The fourth-order valence-electron chi connectivity index (χ4n) is 2.37. The second kappa shape index (κ2) is 4.77. The van der Waals surface area contributed by atoms with Crippen LogP contribution in [0.25, 0.3) is 0 Å². The van der Waals surface area contributed by atoms with Gasteiger partial charge in [-0.2, -0.15) is 4.31 Å². The van der Waals surface area contributed by atoms with Gasteiger partial charge in [-0.15, -0.1) is 0 Å². The molecule has 1 saturated heterocycles. The van der Waals surface area contributed by atoms with Gasteiger partial charge in [-0.05, 0) is 39.0 Å². The van der Waals surface area contributed by atoms with Crippen LogP contribution in [0.1, 0.15) is 20.8 Å². The van der Waals surface area contributed by atoms with Crippen LogP contribution >= 0.6 is 0 Å². The lowest BCUT2D eigenvalue weighted by molar-refractivity contribution is -0.109. The van der Waals surface area contributed by atoms with Crippen LogP contribution < -0.4 is 0 Å². The molecule has 0 amide bonds. The minimum Gasteiger partial charge on any atom is -0.508 e. The highest BCUT2D eigenvalue weighted by Crippen LogP contribution is 2.27. The van der Waals surface area contributed by atoms with Gasteiger partial charge in [0, 0.05) is 13.1 Å². The number of hydrogen-bond acceptors (Lipinski definition) is 4. The maximum absolute atomic E-state index is 12.5. The zero-order valence-electron chi connectivity index (χ0n) is 11.3. The van der Waals surface area contributed by atoms with Crippen molar-refractivity contribution in [3.05, 3.63) is 24.3 Å². The van der Waals surface area contributed by atoms with E-state index in [0.717, 1.165) is 0 Å². The molecule has 1 atom stereocenters. The van der Waals surface area contributed by atoms with Crippen LogP contribution in [0.4, 0.5) is 0 Å². The Bertz CT molecular complexity index is 568. The van der Waals surface area contributed by atoms with Gasteiger partial charge in [0.15, 0.2) is 0 Å². The summed E-state index contributed by atoms with van der Waals surface area (Å²) >= 11 is 0. The number of rotatable bonds is 2. The van der Waals surface area contributed by atoms with E-state index in [9.17, 15) is 13.5 Å². The highest BCUT2D eigenvalue weighted by Gasteiger charge is 2.37. The SMILES string of the molecule is CC1CN(S(=O)(=O)c2cccc(O)c2)CC(C)(C)O1. The number of ether oxygens (including phenoxy) is 1. The van der Waals surface area contributed by atoms with E-state index in [-0.39, 0.29) is 16.7 Å². The van der Waals surface area contributed by atoms with Crippen molar-refractivity contribution in [2.75, 3.05) is 13.1 Å². The normalized spacial score (nSPS) is 24.3. The molecule has 1 fully saturated rings. The maximum Gasteiger partial charge on any atom is 0.243 e. The molecule has 5 nitrogen and oxygen atoms in total. The average Bonchev–Trinajstić information content (AvgIpc) is 2.26. The van der Waals surface area contributed by atoms with E-state index in [1.807, 2.05) is 20.8 Å². The Morgan fingerprint density at radius 1 is 1.42 bits per heavy atom. The molecule has 0 aliphatic carbocycles. The molecule has 19 heavy (non-hydrogen) atoms. The number of sulfonamides is 1. The summed E-state index contributed by atoms with van der Waals surface area (Å²) < 4.78 is 32.2. The molecule has 1 unspecified atom stereocenters. The summed E-state index contributed by atoms with van der Waals surface area (Å²) in [4.78, 5) is 0.109. The molecule has 1 aromatic carbocycles. The quantitative estimate of drug-likeness (QED) is 0.896. The molecule has 0 radical (unpaired) electrons. The summed E-state index contributed by atoms with van der Waals surface area (Å²) in [6, 6.07) is 5.73. The summed E-state index contributed by atoms with van der Waals surface area (Å²) in [5.41, 5.74) is -0.512. The maximum atomic E-state index is 12.5. The standard InChI is InChI=1S/C13H19NO4S/c1-10-8-14(9-13(2,3)18-10)19(16,17)12-6-4-5-11(15)7-12/h4-7,10,15H,8-9H2,1-3H3. The molecule has 1 aliphatic heterocycles. The first-order valence-electron chi connectivity index (χ1n) is 6.18. The molecule has 1 aromatic rings. The van der Waals surface area contributed by atoms with Gasteiger partial charge < -0.3 is 9.84 Å². The monoisotopic (exact) mass is 285 g/mol. The van der Waals surface area contributed by atoms with Crippen molar-refractivity contribution in [3.8, 4) is 5.75 Å². The van der Waals surface area contributed by atoms with Crippen LogP contribution in [-0.4, -0.2) is 42.6 Å². The summed E-state index contributed by atoms with van der Waals surface area (Å²) in [6.07, 6.45) is -0.157. The fourth-order valence-corrected chi connectivity index (χ4v) is 4.08. The summed E-state index contributed by atoms with van der Waals surface area (Å²) in [5.74, 6) is -0.0540. The summed E-state index contributed by atoms with van der Waals surface area (Å²) in [7, 11) is -3.60. The van der Waals surface area contributed by atoms with Gasteiger partial charge in [0.25, 0.3) is 0 Å². The van der Waals surface area contributed by atoms with E-state index in [0.29, 0.717) is 13.1 Å². The van der Waals surface area contributed by atoms with Crippen molar-refractivity contribution in [2.24, 2.45) is 0 Å². The molecule has 2 rings (SSSR count). The van der Waals surface area contributed by atoms with Gasteiger partial charge in [-0.25, -0.2) is 8.42 Å². The number of aromatic hydroxyl groups is 1. The van der Waals surface area contributed by atoms with E-state index >= 15 is 0 Å². The number of morpholine rings is 1. The first-order chi connectivity index (χ1) is 8.71.